The van der Waals surface area contributed by atoms with Crippen LogP contribution >= 0.6 is 0 Å². The van der Waals surface area contributed by atoms with E-state index in [0.29, 0.717) is 28.5 Å². The summed E-state index contributed by atoms with van der Waals surface area (Å²) in [7, 11) is 4.62. The van der Waals surface area contributed by atoms with Crippen LogP contribution in [0.4, 0.5) is 0 Å². The molecular weight excluding hydrogens is 286 g/mol. The summed E-state index contributed by atoms with van der Waals surface area (Å²) in [5.41, 5.74) is 3.44. The Bertz CT molecular complexity index is 640. The van der Waals surface area contributed by atoms with Crippen molar-refractivity contribution in [2.75, 3.05) is 21.3 Å². The predicted octanol–water partition coefficient (Wildman–Crippen LogP) is 1.80. The molecule has 2 rings (SSSR count). The Morgan fingerprint density at radius 1 is 1.18 bits per heavy atom. The fourth-order valence-corrected chi connectivity index (χ4v) is 1.85. The van der Waals surface area contributed by atoms with Gasteiger partial charge in [0, 0.05) is 18.3 Å². The minimum Gasteiger partial charge on any atom is -0.496 e. The van der Waals surface area contributed by atoms with E-state index < -0.39 is 0 Å². The van der Waals surface area contributed by atoms with Gasteiger partial charge in [-0.3, -0.25) is 4.79 Å². The molecule has 0 fully saturated rings. The Kier molecular flexibility index (Phi) is 5.02. The van der Waals surface area contributed by atoms with E-state index in [1.165, 1.54) is 20.4 Å². The lowest BCUT2D eigenvalue weighted by atomic mass is 10.2. The zero-order chi connectivity index (χ0) is 15.9. The number of benzene rings is 1. The van der Waals surface area contributed by atoms with Crippen molar-refractivity contribution in [2.45, 2.75) is 0 Å². The molecule has 116 valence electrons. The molecule has 0 saturated carbocycles. The molecule has 0 aliphatic heterocycles. The van der Waals surface area contributed by atoms with Crippen molar-refractivity contribution in [1.82, 2.24) is 10.4 Å². The van der Waals surface area contributed by atoms with Crippen molar-refractivity contribution in [2.24, 2.45) is 5.10 Å². The lowest BCUT2D eigenvalue weighted by molar-refractivity contribution is 0.0950. The number of ether oxygens (including phenoxy) is 3. The zero-order valence-electron chi connectivity index (χ0n) is 12.5. The molecule has 7 heteroatoms. The van der Waals surface area contributed by atoms with Crippen molar-refractivity contribution < 1.29 is 19.0 Å². The Morgan fingerprint density at radius 3 is 2.36 bits per heavy atom. The molecule has 0 aliphatic carbocycles. The third kappa shape index (κ3) is 3.38. The SMILES string of the molecule is COc1cc(OC)c(/C=N\NC(=O)c2ccc[nH]2)c(OC)c1. The first-order chi connectivity index (χ1) is 10.7. The number of nitrogens with one attached hydrogen (secondary N) is 2. The molecule has 0 bridgehead atoms. The highest BCUT2D eigenvalue weighted by molar-refractivity contribution is 5.94. The van der Waals surface area contributed by atoms with Gasteiger partial charge in [-0.1, -0.05) is 0 Å². The van der Waals surface area contributed by atoms with Crippen molar-refractivity contribution >= 4 is 12.1 Å². The van der Waals surface area contributed by atoms with Crippen molar-refractivity contribution in [3.05, 3.63) is 41.7 Å². The summed E-state index contributed by atoms with van der Waals surface area (Å²) in [6.45, 7) is 0. The molecule has 1 aromatic heterocycles. The highest BCUT2D eigenvalue weighted by Gasteiger charge is 2.11. The third-order valence-corrected chi connectivity index (χ3v) is 2.96. The number of hydrogen-bond acceptors (Lipinski definition) is 5. The van der Waals surface area contributed by atoms with Crippen LogP contribution < -0.4 is 19.6 Å². The lowest BCUT2D eigenvalue weighted by Crippen LogP contribution is -2.18. The molecule has 22 heavy (non-hydrogen) atoms. The minimum absolute atomic E-state index is 0.340. The van der Waals surface area contributed by atoms with Crippen LogP contribution in [0.2, 0.25) is 0 Å². The second kappa shape index (κ2) is 7.16. The van der Waals surface area contributed by atoms with Gasteiger partial charge in [0.05, 0.1) is 33.1 Å². The van der Waals surface area contributed by atoms with E-state index in [4.69, 9.17) is 14.2 Å². The van der Waals surface area contributed by atoms with Crippen LogP contribution in [0, 0.1) is 0 Å². The largest absolute Gasteiger partial charge is 0.496 e. The molecule has 0 unspecified atom stereocenters. The van der Waals surface area contributed by atoms with Crippen LogP contribution in [0.1, 0.15) is 16.1 Å². The molecule has 0 saturated heterocycles. The van der Waals surface area contributed by atoms with E-state index in [1.54, 1.807) is 37.6 Å². The average molecular weight is 303 g/mol. The summed E-state index contributed by atoms with van der Waals surface area (Å²) in [6.07, 6.45) is 3.12. The number of carbonyl (C=O) groups excluding carboxylic acids is 1. The highest BCUT2D eigenvalue weighted by Crippen LogP contribution is 2.32. The quantitative estimate of drug-likeness (QED) is 0.629. The van der Waals surface area contributed by atoms with Crippen LogP contribution in [0.5, 0.6) is 17.2 Å². The maximum absolute atomic E-state index is 11.8. The van der Waals surface area contributed by atoms with Gasteiger partial charge in [0.2, 0.25) is 0 Å². The summed E-state index contributed by atoms with van der Waals surface area (Å²) in [5, 5.41) is 3.92. The van der Waals surface area contributed by atoms with Crippen molar-refractivity contribution in [1.29, 1.82) is 0 Å². The maximum atomic E-state index is 11.8. The molecule has 0 aliphatic rings. The molecule has 7 nitrogen and oxygen atoms in total. The molecule has 1 amide bonds. The smallest absolute Gasteiger partial charge is 0.287 e. The van der Waals surface area contributed by atoms with Crippen LogP contribution in [-0.2, 0) is 0 Å². The predicted molar refractivity (Wildman–Crippen MR) is 82.0 cm³/mol. The van der Waals surface area contributed by atoms with Crippen LogP contribution in [0.25, 0.3) is 0 Å². The summed E-state index contributed by atoms with van der Waals surface area (Å²) in [6, 6.07) is 6.79. The average Bonchev–Trinajstić information content (AvgIpc) is 3.09. The fourth-order valence-electron chi connectivity index (χ4n) is 1.85. The molecule has 0 atom stereocenters. The molecule has 1 aromatic carbocycles. The molecule has 0 spiro atoms. The first-order valence-electron chi connectivity index (χ1n) is 6.46. The second-order valence-corrected chi connectivity index (χ2v) is 4.23. The van der Waals surface area contributed by atoms with Gasteiger partial charge >= 0.3 is 0 Å². The van der Waals surface area contributed by atoms with E-state index in [9.17, 15) is 4.79 Å². The molecule has 1 heterocycles. The van der Waals surface area contributed by atoms with Gasteiger partial charge in [-0.05, 0) is 12.1 Å². The Labute approximate surface area is 127 Å². The highest BCUT2D eigenvalue weighted by atomic mass is 16.5. The minimum atomic E-state index is -0.340. The number of rotatable bonds is 6. The number of amides is 1. The molecule has 0 radical (unpaired) electrons. The number of hydrazone groups is 1. The maximum Gasteiger partial charge on any atom is 0.287 e. The van der Waals surface area contributed by atoms with Crippen LogP contribution in [0.15, 0.2) is 35.6 Å². The topological polar surface area (TPSA) is 84.9 Å². The van der Waals surface area contributed by atoms with Gasteiger partial charge in [-0.15, -0.1) is 0 Å². The van der Waals surface area contributed by atoms with E-state index >= 15 is 0 Å². The van der Waals surface area contributed by atoms with Gasteiger partial charge in [0.15, 0.2) is 0 Å². The number of aromatic nitrogens is 1. The van der Waals surface area contributed by atoms with Crippen LogP contribution in [0.3, 0.4) is 0 Å². The molecule has 2 aromatic rings. The number of carbonyl (C=O) groups is 1. The van der Waals surface area contributed by atoms with Gasteiger partial charge in [0.1, 0.15) is 22.9 Å². The Morgan fingerprint density at radius 2 is 1.86 bits per heavy atom. The van der Waals surface area contributed by atoms with Crippen molar-refractivity contribution in [3.8, 4) is 17.2 Å². The van der Waals surface area contributed by atoms with Gasteiger partial charge in [-0.25, -0.2) is 5.43 Å². The fraction of sp³-hybridized carbons (Fsp3) is 0.200. The number of H-pyrrole nitrogens is 1. The van der Waals surface area contributed by atoms with E-state index in [0.717, 1.165) is 0 Å². The first-order valence-corrected chi connectivity index (χ1v) is 6.46. The van der Waals surface area contributed by atoms with Gasteiger partial charge in [0.25, 0.3) is 5.91 Å². The summed E-state index contributed by atoms with van der Waals surface area (Å²) in [5.74, 6) is 1.30. The number of methoxy groups -OCH3 is 3. The van der Waals surface area contributed by atoms with E-state index in [1.807, 2.05) is 0 Å². The van der Waals surface area contributed by atoms with E-state index in [2.05, 4.69) is 15.5 Å². The second-order valence-electron chi connectivity index (χ2n) is 4.23. The van der Waals surface area contributed by atoms with Crippen molar-refractivity contribution in [3.63, 3.8) is 0 Å². The standard InChI is InChI=1S/C15H17N3O4/c1-20-10-7-13(21-2)11(14(8-10)22-3)9-17-18-15(19)12-5-4-6-16-12/h4-9,16H,1-3H3,(H,18,19)/b17-9-. The van der Waals surface area contributed by atoms with E-state index in [-0.39, 0.29) is 5.91 Å². The molecule has 2 N–H and O–H groups in total. The first kappa shape index (κ1) is 15.4. The van der Waals surface area contributed by atoms with Gasteiger partial charge < -0.3 is 19.2 Å². The normalized spacial score (nSPS) is 10.5. The molecular formula is C15H17N3O4. The zero-order valence-corrected chi connectivity index (χ0v) is 12.5. The summed E-state index contributed by atoms with van der Waals surface area (Å²) >= 11 is 0. The monoisotopic (exact) mass is 303 g/mol. The number of aromatic amines is 1. The van der Waals surface area contributed by atoms with Gasteiger partial charge in [-0.2, -0.15) is 5.10 Å². The summed E-state index contributed by atoms with van der Waals surface area (Å²) < 4.78 is 15.7. The van der Waals surface area contributed by atoms with Crippen LogP contribution in [-0.4, -0.2) is 38.4 Å². The third-order valence-electron chi connectivity index (χ3n) is 2.96. The lowest BCUT2D eigenvalue weighted by Gasteiger charge is -2.12. The summed E-state index contributed by atoms with van der Waals surface area (Å²) in [4.78, 5) is 14.6. The Balaban J connectivity index is 2.20. The Hall–Kier alpha value is -2.96. The number of hydrogen-bond donors (Lipinski definition) is 2. The number of nitrogens with zero attached hydrogens (tertiary/aromatic N) is 1.